The predicted molar refractivity (Wildman–Crippen MR) is 133 cm³/mol. The number of aryl methyl sites for hydroxylation is 1. The summed E-state index contributed by atoms with van der Waals surface area (Å²) >= 11 is 1.71. The average Bonchev–Trinajstić information content (AvgIpc) is 2.99. The van der Waals surface area contributed by atoms with Gasteiger partial charge in [-0.1, -0.05) is 19.9 Å². The van der Waals surface area contributed by atoms with Gasteiger partial charge in [0.05, 0.1) is 25.1 Å². The summed E-state index contributed by atoms with van der Waals surface area (Å²) in [4.78, 5) is 41.3. The van der Waals surface area contributed by atoms with E-state index < -0.39 is 12.1 Å². The molecule has 0 bridgehead atoms. The number of likely N-dealkylation sites (N-methyl/N-ethyl adjacent to an activating group) is 1. The van der Waals surface area contributed by atoms with Crippen molar-refractivity contribution in [2.75, 3.05) is 26.5 Å². The number of thioether (sulfide) groups is 1. The Bertz CT molecular complexity index is 953. The Kier molecular flexibility index (Phi) is 7.42. The SMILES string of the molecule is CNCC(=O)NC1CCSC2CC(C)(C)[C@@H](C(=O)N[C@@H]3CCCc4cc(OC)ccc43)N2C1=O. The summed E-state index contributed by atoms with van der Waals surface area (Å²) in [6.07, 6.45) is 4.13. The highest BCUT2D eigenvalue weighted by molar-refractivity contribution is 7.99. The number of nitrogens with zero attached hydrogens (tertiary/aromatic N) is 1. The van der Waals surface area contributed by atoms with Gasteiger partial charge in [0.2, 0.25) is 17.7 Å². The van der Waals surface area contributed by atoms with Crippen LogP contribution in [0.1, 0.15) is 56.7 Å². The quantitative estimate of drug-likeness (QED) is 0.566. The number of hydrogen-bond donors (Lipinski definition) is 3. The first kappa shape index (κ1) is 24.9. The van der Waals surface area contributed by atoms with Crippen LogP contribution in [0.3, 0.4) is 0 Å². The van der Waals surface area contributed by atoms with Gasteiger partial charge in [-0.3, -0.25) is 14.4 Å². The lowest BCUT2D eigenvalue weighted by atomic mass is 9.83. The molecule has 3 aliphatic rings. The summed E-state index contributed by atoms with van der Waals surface area (Å²) in [7, 11) is 3.36. The Morgan fingerprint density at radius 2 is 2.00 bits per heavy atom. The number of methoxy groups -OCH3 is 1. The van der Waals surface area contributed by atoms with E-state index in [0.717, 1.165) is 42.7 Å². The zero-order chi connectivity index (χ0) is 24.5. The first-order valence-electron chi connectivity index (χ1n) is 12.1. The molecule has 4 atom stereocenters. The van der Waals surface area contributed by atoms with Crippen LogP contribution in [0.15, 0.2) is 18.2 Å². The number of nitrogens with one attached hydrogen (secondary N) is 3. The molecule has 4 rings (SSSR count). The molecule has 9 heteroatoms. The monoisotopic (exact) mass is 488 g/mol. The van der Waals surface area contributed by atoms with Crippen LogP contribution >= 0.6 is 11.8 Å². The molecule has 1 aromatic carbocycles. The molecule has 0 saturated carbocycles. The highest BCUT2D eigenvalue weighted by Gasteiger charge is 2.54. The topological polar surface area (TPSA) is 99.8 Å². The van der Waals surface area contributed by atoms with E-state index in [-0.39, 0.29) is 41.1 Å². The molecular formula is C25H36N4O4S. The maximum atomic E-state index is 13.8. The molecule has 0 spiro atoms. The number of benzene rings is 1. The summed E-state index contributed by atoms with van der Waals surface area (Å²) in [5, 5.41) is 8.90. The fourth-order valence-electron chi connectivity index (χ4n) is 5.58. The molecule has 2 aliphatic heterocycles. The molecule has 0 aromatic heterocycles. The second-order valence-electron chi connectivity index (χ2n) is 10.1. The fourth-order valence-corrected chi connectivity index (χ4v) is 7.15. The normalized spacial score (nSPS) is 27.9. The minimum atomic E-state index is -0.606. The highest BCUT2D eigenvalue weighted by Crippen LogP contribution is 2.46. The largest absolute Gasteiger partial charge is 0.497 e. The summed E-state index contributed by atoms with van der Waals surface area (Å²) in [5.74, 6) is 1.11. The van der Waals surface area contributed by atoms with Gasteiger partial charge < -0.3 is 25.6 Å². The van der Waals surface area contributed by atoms with Crippen molar-refractivity contribution in [3.8, 4) is 5.75 Å². The Hall–Kier alpha value is -2.26. The first-order valence-corrected chi connectivity index (χ1v) is 13.1. The van der Waals surface area contributed by atoms with Crippen molar-refractivity contribution in [3.05, 3.63) is 29.3 Å². The van der Waals surface area contributed by atoms with E-state index in [1.54, 1.807) is 30.8 Å². The average molecular weight is 489 g/mol. The van der Waals surface area contributed by atoms with Crippen molar-refractivity contribution in [1.82, 2.24) is 20.9 Å². The van der Waals surface area contributed by atoms with Gasteiger partial charge in [-0.05, 0) is 73.6 Å². The van der Waals surface area contributed by atoms with Gasteiger partial charge in [0, 0.05) is 0 Å². The van der Waals surface area contributed by atoms with Gasteiger partial charge >= 0.3 is 0 Å². The number of fused-ring (bicyclic) bond motifs is 2. The number of rotatable bonds is 6. The van der Waals surface area contributed by atoms with Crippen molar-refractivity contribution in [2.24, 2.45) is 5.41 Å². The van der Waals surface area contributed by atoms with E-state index in [1.807, 2.05) is 12.1 Å². The van der Waals surface area contributed by atoms with Crippen molar-refractivity contribution >= 4 is 29.5 Å². The van der Waals surface area contributed by atoms with Crippen molar-refractivity contribution in [2.45, 2.75) is 69.5 Å². The van der Waals surface area contributed by atoms with Crippen LogP contribution in [0.4, 0.5) is 0 Å². The second kappa shape index (κ2) is 10.2. The molecule has 3 amide bonds. The lowest BCUT2D eigenvalue weighted by Gasteiger charge is -2.36. The molecule has 2 heterocycles. The van der Waals surface area contributed by atoms with Crippen LogP contribution in [0.5, 0.6) is 5.75 Å². The number of carbonyl (C=O) groups is 3. The number of ether oxygens (including phenoxy) is 1. The number of amides is 3. The van der Waals surface area contributed by atoms with Gasteiger partial charge in [-0.2, -0.15) is 0 Å². The fraction of sp³-hybridized carbons (Fsp3) is 0.640. The number of carbonyl (C=O) groups excluding carboxylic acids is 3. The van der Waals surface area contributed by atoms with E-state index in [2.05, 4.69) is 35.9 Å². The molecular weight excluding hydrogens is 452 g/mol. The Balaban J connectivity index is 1.56. The lowest BCUT2D eigenvalue weighted by molar-refractivity contribution is -0.143. The standard InChI is InChI=1S/C25H36N4O4S/c1-25(2)13-21-29(24(32)19(10-11-34-21)27-20(30)14-26-3)22(25)23(31)28-18-7-5-6-15-12-16(33-4)8-9-17(15)18/h8-9,12,18-19,21-22,26H,5-7,10-11,13-14H2,1-4H3,(H,27,30)(H,28,31)/t18-,19?,21?,22-/m1/s1. The molecule has 186 valence electrons. The molecule has 2 fully saturated rings. The Morgan fingerprint density at radius 3 is 2.74 bits per heavy atom. The van der Waals surface area contributed by atoms with E-state index in [1.165, 1.54) is 5.56 Å². The minimum Gasteiger partial charge on any atom is -0.497 e. The molecule has 34 heavy (non-hydrogen) atoms. The minimum absolute atomic E-state index is 0.0626. The molecule has 2 saturated heterocycles. The van der Waals surface area contributed by atoms with E-state index >= 15 is 0 Å². The van der Waals surface area contributed by atoms with Crippen LogP contribution < -0.4 is 20.7 Å². The van der Waals surface area contributed by atoms with Gasteiger partial charge in [0.1, 0.15) is 17.8 Å². The van der Waals surface area contributed by atoms with Crippen LogP contribution in [0.2, 0.25) is 0 Å². The van der Waals surface area contributed by atoms with E-state index in [4.69, 9.17) is 4.74 Å². The zero-order valence-electron chi connectivity index (χ0n) is 20.5. The molecule has 0 radical (unpaired) electrons. The molecule has 3 N–H and O–H groups in total. The third-order valence-electron chi connectivity index (χ3n) is 7.20. The molecule has 1 aliphatic carbocycles. The van der Waals surface area contributed by atoms with Gasteiger partial charge in [0.15, 0.2) is 0 Å². The number of hydrogen-bond acceptors (Lipinski definition) is 6. The predicted octanol–water partition coefficient (Wildman–Crippen LogP) is 1.98. The van der Waals surface area contributed by atoms with Crippen molar-refractivity contribution in [1.29, 1.82) is 0 Å². The van der Waals surface area contributed by atoms with E-state index in [0.29, 0.717) is 6.42 Å². The summed E-state index contributed by atoms with van der Waals surface area (Å²) in [5.41, 5.74) is 1.96. The summed E-state index contributed by atoms with van der Waals surface area (Å²) < 4.78 is 5.37. The second-order valence-corrected chi connectivity index (χ2v) is 11.4. The van der Waals surface area contributed by atoms with Gasteiger partial charge in [0.25, 0.3) is 0 Å². The zero-order valence-corrected chi connectivity index (χ0v) is 21.3. The van der Waals surface area contributed by atoms with E-state index in [9.17, 15) is 14.4 Å². The third-order valence-corrected chi connectivity index (χ3v) is 8.45. The maximum Gasteiger partial charge on any atom is 0.246 e. The smallest absolute Gasteiger partial charge is 0.246 e. The molecule has 1 aromatic rings. The van der Waals surface area contributed by atoms with Crippen molar-refractivity contribution < 1.29 is 19.1 Å². The third kappa shape index (κ3) is 4.91. The Morgan fingerprint density at radius 1 is 1.21 bits per heavy atom. The lowest BCUT2D eigenvalue weighted by Crippen LogP contribution is -2.57. The summed E-state index contributed by atoms with van der Waals surface area (Å²) in [6, 6.07) is 4.76. The van der Waals surface area contributed by atoms with Crippen molar-refractivity contribution in [3.63, 3.8) is 0 Å². The van der Waals surface area contributed by atoms with Crippen LogP contribution in [-0.4, -0.2) is 66.5 Å². The Labute approximate surface area is 205 Å². The summed E-state index contributed by atoms with van der Waals surface area (Å²) in [6.45, 7) is 4.28. The highest BCUT2D eigenvalue weighted by atomic mass is 32.2. The van der Waals surface area contributed by atoms with Gasteiger partial charge in [-0.25, -0.2) is 0 Å². The van der Waals surface area contributed by atoms with Crippen LogP contribution in [-0.2, 0) is 20.8 Å². The van der Waals surface area contributed by atoms with Crippen LogP contribution in [0.25, 0.3) is 0 Å². The maximum absolute atomic E-state index is 13.8. The first-order chi connectivity index (χ1) is 16.2. The molecule has 2 unspecified atom stereocenters. The van der Waals surface area contributed by atoms with Gasteiger partial charge in [-0.15, -0.1) is 11.8 Å². The molecule has 8 nitrogen and oxygen atoms in total. The van der Waals surface area contributed by atoms with Crippen LogP contribution in [0, 0.1) is 5.41 Å².